The minimum atomic E-state index is -1.07. The zero-order valence-electron chi connectivity index (χ0n) is 23.3. The molecule has 1 fully saturated rings. The molecule has 0 radical (unpaired) electrons. The van der Waals surface area contributed by atoms with Crippen LogP contribution >= 0.6 is 11.3 Å². The number of Topliss-reactive ketones (excluding diaryl/α,β-unsaturated/α-hetero) is 1. The smallest absolute Gasteiger partial charge is 0.350 e. The summed E-state index contributed by atoms with van der Waals surface area (Å²) in [6.45, 7) is 8.02. The molecule has 1 saturated heterocycles. The first kappa shape index (κ1) is 28.2. The number of rotatable bonds is 8. The van der Waals surface area contributed by atoms with Gasteiger partial charge in [-0.15, -0.1) is 0 Å². The Kier molecular flexibility index (Phi) is 7.72. The Morgan fingerprint density at radius 1 is 1.12 bits per heavy atom. The fourth-order valence-corrected chi connectivity index (χ4v) is 6.09. The molecule has 2 atom stereocenters. The molecule has 5 rings (SSSR count). The monoisotopic (exact) mass is 578 g/mol. The summed E-state index contributed by atoms with van der Waals surface area (Å²) in [5.41, 5.74) is 2.01. The number of aromatic nitrogens is 1. The molecule has 214 valence electrons. The van der Waals surface area contributed by atoms with E-state index in [-0.39, 0.29) is 27.4 Å². The first-order valence-corrected chi connectivity index (χ1v) is 14.1. The lowest BCUT2D eigenvalue weighted by molar-refractivity contribution is -0.132. The van der Waals surface area contributed by atoms with E-state index in [1.165, 1.54) is 12.0 Å². The van der Waals surface area contributed by atoms with Crippen molar-refractivity contribution >= 4 is 39.9 Å². The highest BCUT2D eigenvalue weighted by atomic mass is 32.1. The number of aliphatic hydroxyl groups is 1. The molecular weight excluding hydrogens is 548 g/mol. The number of benzene rings is 2. The zero-order chi connectivity index (χ0) is 29.4. The molecule has 10 nitrogen and oxygen atoms in total. The second kappa shape index (κ2) is 11.2. The number of nitrogens with zero attached hydrogens (tertiary/aromatic N) is 2. The van der Waals surface area contributed by atoms with Gasteiger partial charge in [0, 0.05) is 12.0 Å². The number of esters is 1. The van der Waals surface area contributed by atoms with Crippen molar-refractivity contribution in [1.29, 1.82) is 0 Å². The Bertz CT molecular complexity index is 1580. The predicted octanol–water partition coefficient (Wildman–Crippen LogP) is 4.99. The van der Waals surface area contributed by atoms with E-state index in [4.69, 9.17) is 18.9 Å². The number of methoxy groups -OCH3 is 1. The minimum absolute atomic E-state index is 0.00836. The summed E-state index contributed by atoms with van der Waals surface area (Å²) in [5, 5.41) is 11.7. The van der Waals surface area contributed by atoms with E-state index in [0.29, 0.717) is 53.7 Å². The van der Waals surface area contributed by atoms with Crippen LogP contribution in [-0.2, 0) is 20.7 Å². The van der Waals surface area contributed by atoms with Crippen molar-refractivity contribution in [1.82, 2.24) is 4.98 Å². The Balaban J connectivity index is 1.71. The van der Waals surface area contributed by atoms with E-state index >= 15 is 0 Å². The highest BCUT2D eigenvalue weighted by molar-refractivity contribution is 7.17. The second-order valence-corrected chi connectivity index (χ2v) is 10.6. The van der Waals surface area contributed by atoms with Crippen LogP contribution in [0.1, 0.15) is 58.9 Å². The van der Waals surface area contributed by atoms with Gasteiger partial charge in [-0.1, -0.05) is 17.4 Å². The fourth-order valence-electron chi connectivity index (χ4n) is 5.08. The summed E-state index contributed by atoms with van der Waals surface area (Å²) in [5.74, 6) is -1.05. The van der Waals surface area contributed by atoms with Crippen molar-refractivity contribution in [2.75, 3.05) is 25.2 Å². The van der Waals surface area contributed by atoms with Crippen molar-refractivity contribution in [3.05, 3.63) is 69.2 Å². The van der Waals surface area contributed by atoms with Crippen molar-refractivity contribution in [3.63, 3.8) is 0 Å². The molecule has 0 saturated carbocycles. The van der Waals surface area contributed by atoms with Crippen LogP contribution in [0.4, 0.5) is 5.13 Å². The van der Waals surface area contributed by atoms with Crippen LogP contribution in [0.3, 0.4) is 0 Å². The number of aryl methyl sites for hydroxylation is 1. The number of aliphatic hydroxyl groups excluding tert-OH is 1. The van der Waals surface area contributed by atoms with Crippen LogP contribution in [0, 0.1) is 6.92 Å². The van der Waals surface area contributed by atoms with E-state index in [9.17, 15) is 19.5 Å². The van der Waals surface area contributed by atoms with Gasteiger partial charge in [-0.05, 0) is 69.2 Å². The van der Waals surface area contributed by atoms with Crippen LogP contribution in [0.2, 0.25) is 0 Å². The molecule has 2 aliphatic heterocycles. The summed E-state index contributed by atoms with van der Waals surface area (Å²) in [6, 6.07) is 9.20. The van der Waals surface area contributed by atoms with Gasteiger partial charge in [0.1, 0.15) is 22.5 Å². The van der Waals surface area contributed by atoms with Gasteiger partial charge in [-0.2, -0.15) is 0 Å². The van der Waals surface area contributed by atoms with Crippen LogP contribution in [0.15, 0.2) is 42.0 Å². The molecule has 3 heterocycles. The average molecular weight is 579 g/mol. The van der Waals surface area contributed by atoms with E-state index in [0.717, 1.165) is 16.9 Å². The number of amides is 1. The Labute approximate surface area is 241 Å². The molecule has 0 bridgehead atoms. The van der Waals surface area contributed by atoms with E-state index in [1.807, 2.05) is 20.8 Å². The van der Waals surface area contributed by atoms with Gasteiger partial charge in [0.2, 0.25) is 0 Å². The third kappa shape index (κ3) is 5.01. The molecule has 1 aromatic heterocycles. The van der Waals surface area contributed by atoms with Crippen LogP contribution < -0.4 is 19.1 Å². The molecule has 11 heteroatoms. The standard InChI is InChI=1S/C30H30N2O8S/c1-6-38-21-11-8-17(14-22(21)39-7-2)24-23(25(33)18-9-10-20-19(13-18)12-15(3)40-20)26(34)28(35)32(24)30-31-16(4)27(41-30)29(36)37-5/h8-11,13-15,24,33H,6-7,12H2,1-5H3/b25-23+/t15-,24-/m1/s1. The first-order chi connectivity index (χ1) is 19.7. The molecule has 41 heavy (non-hydrogen) atoms. The predicted molar refractivity (Wildman–Crippen MR) is 152 cm³/mol. The van der Waals surface area contributed by atoms with Crippen molar-refractivity contribution in [3.8, 4) is 17.2 Å². The summed E-state index contributed by atoms with van der Waals surface area (Å²) in [4.78, 5) is 45.4. The number of ketones is 1. The van der Waals surface area contributed by atoms with E-state index in [2.05, 4.69) is 4.98 Å². The molecule has 0 unspecified atom stereocenters. The molecule has 1 amide bonds. The van der Waals surface area contributed by atoms with Crippen LogP contribution in [0.25, 0.3) is 5.76 Å². The number of carbonyl (C=O) groups is 3. The number of thiazole rings is 1. The largest absolute Gasteiger partial charge is 0.507 e. The molecule has 2 aliphatic rings. The first-order valence-electron chi connectivity index (χ1n) is 13.2. The van der Waals surface area contributed by atoms with Crippen molar-refractivity contribution in [2.24, 2.45) is 0 Å². The number of carbonyl (C=O) groups excluding carboxylic acids is 3. The number of hydrogen-bond donors (Lipinski definition) is 1. The number of anilines is 1. The Morgan fingerprint density at radius 3 is 2.56 bits per heavy atom. The summed E-state index contributed by atoms with van der Waals surface area (Å²) >= 11 is 0.936. The highest BCUT2D eigenvalue weighted by Crippen LogP contribution is 2.46. The molecule has 1 N–H and O–H groups in total. The van der Waals surface area contributed by atoms with Gasteiger partial charge in [0.25, 0.3) is 5.78 Å². The average Bonchev–Trinajstić information content (AvgIpc) is 3.60. The third-order valence-corrected chi connectivity index (χ3v) is 8.00. The van der Waals surface area contributed by atoms with Crippen molar-refractivity contribution < 1.29 is 38.4 Å². The van der Waals surface area contributed by atoms with E-state index in [1.54, 1.807) is 43.3 Å². The zero-order valence-corrected chi connectivity index (χ0v) is 24.2. The third-order valence-electron chi connectivity index (χ3n) is 6.86. The normalized spacial score (nSPS) is 19.2. The Morgan fingerprint density at radius 2 is 1.85 bits per heavy atom. The summed E-state index contributed by atoms with van der Waals surface area (Å²) < 4.78 is 22.2. The lowest BCUT2D eigenvalue weighted by Crippen LogP contribution is -2.29. The lowest BCUT2D eigenvalue weighted by Gasteiger charge is -2.24. The highest BCUT2D eigenvalue weighted by Gasteiger charge is 2.48. The Hall–Kier alpha value is -4.38. The maximum Gasteiger partial charge on any atom is 0.350 e. The van der Waals surface area contributed by atoms with Gasteiger partial charge in [-0.25, -0.2) is 9.78 Å². The molecule has 3 aromatic rings. The topological polar surface area (TPSA) is 124 Å². The molecule has 2 aromatic carbocycles. The number of fused-ring (bicyclic) bond motifs is 1. The minimum Gasteiger partial charge on any atom is -0.507 e. The van der Waals surface area contributed by atoms with Crippen LogP contribution in [0.5, 0.6) is 17.2 Å². The van der Waals surface area contributed by atoms with Gasteiger partial charge in [0.05, 0.1) is 37.6 Å². The maximum absolute atomic E-state index is 13.6. The SMILES string of the molecule is CCOc1ccc([C@@H]2/C(=C(\O)c3ccc4c(c3)C[C@@H](C)O4)C(=O)C(=O)N2c2nc(C)c(C(=O)OC)s2)cc1OCC. The summed E-state index contributed by atoms with van der Waals surface area (Å²) in [7, 11) is 1.25. The number of hydrogen-bond acceptors (Lipinski definition) is 10. The van der Waals surface area contributed by atoms with Gasteiger partial charge in [0.15, 0.2) is 16.6 Å². The molecule has 0 spiro atoms. The van der Waals surface area contributed by atoms with Crippen molar-refractivity contribution in [2.45, 2.75) is 46.3 Å². The number of ether oxygens (including phenoxy) is 4. The van der Waals surface area contributed by atoms with E-state index < -0.39 is 23.7 Å². The van der Waals surface area contributed by atoms with Gasteiger partial charge >= 0.3 is 11.9 Å². The maximum atomic E-state index is 13.6. The van der Waals surface area contributed by atoms with Gasteiger partial charge in [-0.3, -0.25) is 14.5 Å². The quantitative estimate of drug-likeness (QED) is 0.170. The second-order valence-electron chi connectivity index (χ2n) is 9.60. The van der Waals surface area contributed by atoms with Gasteiger partial charge < -0.3 is 24.1 Å². The van der Waals surface area contributed by atoms with Crippen LogP contribution in [-0.4, -0.2) is 54.2 Å². The fraction of sp³-hybridized carbons (Fsp3) is 0.333. The lowest BCUT2D eigenvalue weighted by atomic mass is 9.94. The molecular formula is C30H30N2O8S. The summed E-state index contributed by atoms with van der Waals surface area (Å²) in [6.07, 6.45) is 0.644. The molecule has 0 aliphatic carbocycles.